The Kier molecular flexibility index (Phi) is 16.8. The van der Waals surface area contributed by atoms with Gasteiger partial charge in [0.05, 0.1) is 0 Å². The number of hydrogen-bond donors (Lipinski definition) is 2. The number of rotatable bonds is 4. The molecule has 12 rings (SSSR count). The molecule has 2 aromatic heterocycles. The molecule has 0 saturated carbocycles. The van der Waals surface area contributed by atoms with E-state index in [0.717, 1.165) is 85.9 Å². The summed E-state index contributed by atoms with van der Waals surface area (Å²) >= 11 is 19.3. The van der Waals surface area contributed by atoms with Crippen LogP contribution in [0.5, 0.6) is 0 Å². The Labute approximate surface area is 446 Å². The fraction of sp³-hybridized carbons (Fsp3) is 0.0345. The van der Waals surface area contributed by atoms with E-state index in [4.69, 9.17) is 42.1 Å². The molecule has 0 spiro atoms. The van der Waals surface area contributed by atoms with Gasteiger partial charge in [0.1, 0.15) is 16.9 Å². The van der Waals surface area contributed by atoms with E-state index in [9.17, 15) is 0 Å². The second kappa shape index (κ2) is 23.1. The highest BCUT2D eigenvalue weighted by atomic mass is 127. The number of alkyl halides is 2. The van der Waals surface area contributed by atoms with Crippen LogP contribution in [0.15, 0.2) is 215 Å². The fourth-order valence-electron chi connectivity index (χ4n) is 8.64. The zero-order valence-corrected chi connectivity index (χ0v) is 44.8. The first-order chi connectivity index (χ1) is 33.4. The molecule has 0 aliphatic heterocycles. The van der Waals surface area contributed by atoms with Crippen LogP contribution in [0.3, 0.4) is 0 Å². The molecule has 0 amide bonds. The smallest absolute Gasteiger partial charge is 0.455 e. The third-order valence-electron chi connectivity index (χ3n) is 11.5. The second-order valence-electron chi connectivity index (χ2n) is 15.3. The average molecular weight is 1270 g/mol. The summed E-state index contributed by atoms with van der Waals surface area (Å²) in [5.41, 5.74) is 7.94. The van der Waals surface area contributed by atoms with Crippen molar-refractivity contribution in [2.24, 2.45) is 0 Å². The number of halogens is 5. The summed E-state index contributed by atoms with van der Waals surface area (Å²) in [4.78, 5) is 3.94. The van der Waals surface area contributed by atoms with Gasteiger partial charge in [0.15, 0.2) is 3.77 Å². The molecule has 68 heavy (non-hydrogen) atoms. The summed E-state index contributed by atoms with van der Waals surface area (Å²) in [6.07, 6.45) is 0. The molecule has 0 saturated heterocycles. The van der Waals surface area contributed by atoms with Crippen LogP contribution in [0, 0.1) is 3.77 Å². The maximum atomic E-state index is 8.58. The van der Waals surface area contributed by atoms with Gasteiger partial charge in [0, 0.05) is 70.9 Å². The molecular weight excluding hydrogens is 1220 g/mol. The van der Waals surface area contributed by atoms with E-state index in [0.29, 0.717) is 10.5 Å². The molecule has 12 aromatic rings. The number of benzene rings is 10. The van der Waals surface area contributed by atoms with E-state index in [2.05, 4.69) is 189 Å². The first-order valence-corrected chi connectivity index (χ1v) is 27.6. The van der Waals surface area contributed by atoms with Gasteiger partial charge in [0.2, 0.25) is 0 Å². The largest absolute Gasteiger partial charge is 0.488 e. The van der Waals surface area contributed by atoms with Crippen LogP contribution in [0.25, 0.3) is 98.6 Å². The fourth-order valence-corrected chi connectivity index (χ4v) is 9.78. The van der Waals surface area contributed by atoms with Gasteiger partial charge in [-0.2, -0.15) is 0 Å². The van der Waals surface area contributed by atoms with Crippen LogP contribution >= 0.6 is 91.0 Å². The number of furan rings is 2. The molecule has 2 N–H and O–H groups in total. The molecule has 0 atom stereocenters. The van der Waals surface area contributed by atoms with Crippen molar-refractivity contribution in [2.75, 3.05) is 9.86 Å². The Bertz CT molecular complexity index is 3620. The lowest BCUT2D eigenvalue weighted by Crippen LogP contribution is -2.29. The van der Waals surface area contributed by atoms with Gasteiger partial charge in [0.25, 0.3) is 0 Å². The summed E-state index contributed by atoms with van der Waals surface area (Å²) in [7, 11) is -1.34. The monoisotopic (exact) mass is 1260 g/mol. The minimum Gasteiger partial charge on any atom is -0.455 e. The van der Waals surface area contributed by atoms with E-state index < -0.39 is 7.12 Å². The summed E-state index contributed by atoms with van der Waals surface area (Å²) in [6.45, 7) is 0. The topological polar surface area (TPSA) is 66.7 Å². The van der Waals surface area contributed by atoms with Crippen LogP contribution < -0.4 is 5.46 Å². The second-order valence-corrected chi connectivity index (χ2v) is 17.2. The third kappa shape index (κ3) is 10.2. The van der Waals surface area contributed by atoms with Crippen molar-refractivity contribution in [2.45, 2.75) is 0 Å². The van der Waals surface area contributed by atoms with Gasteiger partial charge < -0.3 is 18.9 Å². The number of hydrogen-bond acceptors (Lipinski definition) is 4. The first-order valence-electron chi connectivity index (χ1n) is 21.5. The molecule has 4 nitrogen and oxygen atoms in total. The minimum atomic E-state index is -1.34. The molecule has 336 valence electrons. The van der Waals surface area contributed by atoms with E-state index in [1.54, 1.807) is 24.3 Å². The van der Waals surface area contributed by atoms with Crippen molar-refractivity contribution in [1.29, 1.82) is 0 Å². The molecular formula is C58H42BCl2I3O4. The Hall–Kier alpha value is -4.93. The molecule has 0 fully saturated rings. The van der Waals surface area contributed by atoms with Crippen molar-refractivity contribution in [1.82, 2.24) is 0 Å². The molecule has 0 unspecified atom stereocenters. The van der Waals surface area contributed by atoms with Gasteiger partial charge >= 0.3 is 7.12 Å². The highest BCUT2D eigenvalue weighted by Crippen LogP contribution is 2.48. The summed E-state index contributed by atoms with van der Waals surface area (Å²) < 4.78 is 13.8. The Morgan fingerprint density at radius 1 is 0.382 bits per heavy atom. The Morgan fingerprint density at radius 3 is 1.18 bits per heavy atom. The van der Waals surface area contributed by atoms with E-state index in [-0.39, 0.29) is 0 Å². The van der Waals surface area contributed by atoms with Crippen molar-refractivity contribution in [3.8, 4) is 33.6 Å². The van der Waals surface area contributed by atoms with Crippen LogP contribution in [0.1, 0.15) is 0 Å². The Morgan fingerprint density at radius 2 is 0.735 bits per heavy atom. The molecule has 0 bridgehead atoms. The zero-order chi connectivity index (χ0) is 47.7. The normalized spacial score (nSPS) is 10.7. The molecule has 0 aliphatic rings. The van der Waals surface area contributed by atoms with Crippen molar-refractivity contribution >= 4 is 169 Å². The zero-order valence-electron chi connectivity index (χ0n) is 36.8. The lowest BCUT2D eigenvalue weighted by molar-refractivity contribution is 0.426. The van der Waals surface area contributed by atoms with Crippen molar-refractivity contribution < 1.29 is 18.9 Å². The van der Waals surface area contributed by atoms with Gasteiger partial charge in [-0.15, -0.1) is 0 Å². The lowest BCUT2D eigenvalue weighted by atomic mass is 9.81. The molecule has 2 heterocycles. The van der Waals surface area contributed by atoms with Crippen LogP contribution in [0.2, 0.25) is 10.0 Å². The molecule has 0 radical (unpaired) electrons. The van der Waals surface area contributed by atoms with Crippen LogP contribution in [-0.4, -0.2) is 27.0 Å². The minimum absolute atomic E-state index is 0.525. The SMILES string of the molecule is CI.CI.Clc1ccc2c3ccccc3c3c(-c4ccccc4)c(-c4ccccc4)oc3c2c1.Clc1ccc2c3ccccc3c3c(-c4ccccc4)c(I)oc3c2c1.OB(O)c1ccccc1. The maximum Gasteiger partial charge on any atom is 0.488 e. The predicted octanol–water partition coefficient (Wildman–Crippen LogP) is 17.9. The molecule has 10 heteroatoms. The van der Waals surface area contributed by atoms with Crippen molar-refractivity contribution in [3.05, 3.63) is 220 Å². The summed E-state index contributed by atoms with van der Waals surface area (Å²) in [5.74, 6) is 0.884. The number of fused-ring (bicyclic) bond motifs is 12. The highest BCUT2D eigenvalue weighted by Gasteiger charge is 2.23. The van der Waals surface area contributed by atoms with E-state index in [1.165, 1.54) is 21.5 Å². The Balaban J connectivity index is 0.000000148. The van der Waals surface area contributed by atoms with Crippen molar-refractivity contribution in [3.63, 3.8) is 0 Å². The van der Waals surface area contributed by atoms with Gasteiger partial charge in [-0.3, -0.25) is 0 Å². The average Bonchev–Trinajstić information content (AvgIpc) is 3.98. The lowest BCUT2D eigenvalue weighted by Gasteiger charge is -2.08. The molecule has 0 aliphatic carbocycles. The van der Waals surface area contributed by atoms with Crippen LogP contribution in [-0.2, 0) is 0 Å². The standard InChI is InChI=1S/C28H17ClO.C22H12ClIO.C6H7BO2.2CH3I/c29-20-15-16-22-21-13-7-8-14-23(21)26-25(18-9-3-1-4-10-18)27(19-11-5-2-6-12-19)30-28(26)24(22)17-20;23-14-10-11-16-15-8-4-5-9-17(15)20-19(13-6-2-1-3-7-13)22(24)25-21(20)18(16)12-14;8-7(9)6-4-2-1-3-5-6;2*1-2/h1-17H;1-12H;1-5,8-9H;2*1H3. The highest BCUT2D eigenvalue weighted by molar-refractivity contribution is 14.1. The predicted molar refractivity (Wildman–Crippen MR) is 318 cm³/mol. The summed E-state index contributed by atoms with van der Waals surface area (Å²) in [5, 5.41) is 30.1. The third-order valence-corrected chi connectivity index (χ3v) is 12.7. The van der Waals surface area contributed by atoms with Gasteiger partial charge in [-0.1, -0.05) is 250 Å². The summed E-state index contributed by atoms with van der Waals surface area (Å²) in [6, 6.07) is 69.0. The quantitative estimate of drug-likeness (QED) is 0.0798. The van der Waals surface area contributed by atoms with E-state index >= 15 is 0 Å². The van der Waals surface area contributed by atoms with Gasteiger partial charge in [-0.25, -0.2) is 0 Å². The van der Waals surface area contributed by atoms with Gasteiger partial charge in [-0.05, 0) is 83.0 Å². The van der Waals surface area contributed by atoms with E-state index in [1.807, 2.05) is 70.5 Å². The first kappa shape index (κ1) is 49.5. The maximum absolute atomic E-state index is 8.58. The molecule has 10 aromatic carbocycles. The van der Waals surface area contributed by atoms with Crippen LogP contribution in [0.4, 0.5) is 0 Å².